The van der Waals surface area contributed by atoms with Gasteiger partial charge in [0.15, 0.2) is 0 Å². The highest BCUT2D eigenvalue weighted by atomic mass is 35.5. The van der Waals surface area contributed by atoms with Gasteiger partial charge in [-0.25, -0.2) is 0 Å². The van der Waals surface area contributed by atoms with Crippen LogP contribution in [-0.2, 0) is 11.3 Å². The second kappa shape index (κ2) is 7.83. The molecule has 24 heavy (non-hydrogen) atoms. The smallest absolute Gasteiger partial charge is 0.246 e. The molecular weight excluding hydrogens is 366 g/mol. The Morgan fingerprint density at radius 2 is 2.17 bits per heavy atom. The first-order valence-corrected chi connectivity index (χ1v) is 9.32. The van der Waals surface area contributed by atoms with E-state index in [9.17, 15) is 4.79 Å². The molecular formula is C16H14ClN3O2S2. The van der Waals surface area contributed by atoms with E-state index in [-0.39, 0.29) is 17.7 Å². The molecule has 0 aliphatic carbocycles. The number of benzene rings is 1. The first-order valence-electron chi connectivity index (χ1n) is 7.18. The molecule has 1 amide bonds. The molecule has 0 aliphatic heterocycles. The Morgan fingerprint density at radius 3 is 2.88 bits per heavy atom. The SMILES string of the molecule is C[C@@H](Sc1ccc(Cl)cc1)C(=O)NCc1nc(-c2cccs2)no1. The lowest BCUT2D eigenvalue weighted by atomic mass is 10.4. The molecule has 0 aliphatic rings. The average Bonchev–Trinajstić information content (AvgIpc) is 3.25. The third-order valence-corrected chi connectivity index (χ3v) is 5.35. The fourth-order valence-corrected chi connectivity index (χ4v) is 3.58. The van der Waals surface area contributed by atoms with Gasteiger partial charge in [-0.15, -0.1) is 23.1 Å². The number of carbonyl (C=O) groups is 1. The van der Waals surface area contributed by atoms with Crippen molar-refractivity contribution in [3.8, 4) is 10.7 Å². The Bertz CT molecular complexity index is 803. The van der Waals surface area contributed by atoms with E-state index in [2.05, 4.69) is 15.5 Å². The zero-order valence-electron chi connectivity index (χ0n) is 12.7. The van der Waals surface area contributed by atoms with Crippen molar-refractivity contribution in [2.24, 2.45) is 0 Å². The van der Waals surface area contributed by atoms with Gasteiger partial charge < -0.3 is 9.84 Å². The Morgan fingerprint density at radius 1 is 1.38 bits per heavy atom. The minimum atomic E-state index is -0.245. The van der Waals surface area contributed by atoms with Crippen LogP contribution in [0.2, 0.25) is 5.02 Å². The Hall–Kier alpha value is -1.83. The summed E-state index contributed by atoms with van der Waals surface area (Å²) >= 11 is 8.86. The zero-order valence-corrected chi connectivity index (χ0v) is 15.1. The van der Waals surface area contributed by atoms with Crippen LogP contribution in [0.15, 0.2) is 51.2 Å². The molecule has 124 valence electrons. The molecule has 0 spiro atoms. The lowest BCUT2D eigenvalue weighted by molar-refractivity contribution is -0.120. The van der Waals surface area contributed by atoms with Gasteiger partial charge in [0, 0.05) is 9.92 Å². The zero-order chi connectivity index (χ0) is 16.9. The van der Waals surface area contributed by atoms with Crippen LogP contribution in [0.1, 0.15) is 12.8 Å². The molecule has 0 bridgehead atoms. The van der Waals surface area contributed by atoms with Gasteiger partial charge in [-0.3, -0.25) is 4.79 Å². The first-order chi connectivity index (χ1) is 11.6. The normalized spacial score (nSPS) is 12.1. The number of thioether (sulfide) groups is 1. The second-order valence-corrected chi connectivity index (χ2v) is 7.72. The van der Waals surface area contributed by atoms with E-state index in [1.807, 2.05) is 36.6 Å². The Labute approximate surface area is 152 Å². The third kappa shape index (κ3) is 4.37. The maximum absolute atomic E-state index is 12.2. The lowest BCUT2D eigenvalue weighted by Gasteiger charge is -2.10. The van der Waals surface area contributed by atoms with Crippen molar-refractivity contribution in [2.75, 3.05) is 0 Å². The molecule has 1 aromatic carbocycles. The highest BCUT2D eigenvalue weighted by molar-refractivity contribution is 8.00. The van der Waals surface area contributed by atoms with Gasteiger partial charge in [0.1, 0.15) is 0 Å². The maximum atomic E-state index is 12.2. The van der Waals surface area contributed by atoms with Gasteiger partial charge in [0.05, 0.1) is 16.7 Å². The number of nitrogens with one attached hydrogen (secondary N) is 1. The van der Waals surface area contributed by atoms with Crippen molar-refractivity contribution >= 4 is 40.6 Å². The summed E-state index contributed by atoms with van der Waals surface area (Å²) in [6, 6.07) is 11.2. The molecule has 0 saturated carbocycles. The van der Waals surface area contributed by atoms with Crippen LogP contribution in [0.5, 0.6) is 0 Å². The van der Waals surface area contributed by atoms with Crippen LogP contribution in [0.3, 0.4) is 0 Å². The number of nitrogens with zero attached hydrogens (tertiary/aromatic N) is 2. The standard InChI is InChI=1S/C16H14ClN3O2S2/c1-10(24-12-6-4-11(17)5-7-12)16(21)18-9-14-19-15(20-22-14)13-3-2-8-23-13/h2-8,10H,9H2,1H3,(H,18,21)/t10-/m1/s1. The number of hydrogen-bond acceptors (Lipinski definition) is 6. The largest absolute Gasteiger partial charge is 0.346 e. The number of hydrogen-bond donors (Lipinski definition) is 1. The van der Waals surface area contributed by atoms with Crippen LogP contribution in [0.25, 0.3) is 10.7 Å². The molecule has 2 heterocycles. The van der Waals surface area contributed by atoms with Crippen molar-refractivity contribution in [2.45, 2.75) is 23.6 Å². The summed E-state index contributed by atoms with van der Waals surface area (Å²) in [7, 11) is 0. The second-order valence-electron chi connectivity index (χ2n) is 4.92. The summed E-state index contributed by atoms with van der Waals surface area (Å²) in [5.74, 6) is 0.833. The van der Waals surface area contributed by atoms with E-state index in [1.54, 1.807) is 12.1 Å². The summed E-state index contributed by atoms with van der Waals surface area (Å²) in [6.45, 7) is 2.06. The number of aromatic nitrogens is 2. The summed E-state index contributed by atoms with van der Waals surface area (Å²) in [5.41, 5.74) is 0. The number of amides is 1. The topological polar surface area (TPSA) is 68.0 Å². The fraction of sp³-hybridized carbons (Fsp3) is 0.188. The molecule has 0 radical (unpaired) electrons. The summed E-state index contributed by atoms with van der Waals surface area (Å²) in [4.78, 5) is 18.4. The van der Waals surface area contributed by atoms with Crippen molar-refractivity contribution in [3.05, 3.63) is 52.7 Å². The highest BCUT2D eigenvalue weighted by Crippen LogP contribution is 2.25. The molecule has 0 fully saturated rings. The van der Waals surface area contributed by atoms with Crippen LogP contribution < -0.4 is 5.32 Å². The molecule has 8 heteroatoms. The number of rotatable bonds is 6. The van der Waals surface area contributed by atoms with Crippen molar-refractivity contribution in [1.82, 2.24) is 15.5 Å². The van der Waals surface area contributed by atoms with E-state index in [0.29, 0.717) is 16.7 Å². The number of carbonyl (C=O) groups excluding carboxylic acids is 1. The average molecular weight is 380 g/mol. The van der Waals surface area contributed by atoms with E-state index in [1.165, 1.54) is 23.1 Å². The van der Waals surface area contributed by atoms with E-state index in [4.69, 9.17) is 16.1 Å². The van der Waals surface area contributed by atoms with Gasteiger partial charge in [0.2, 0.25) is 17.6 Å². The van der Waals surface area contributed by atoms with Gasteiger partial charge in [0.25, 0.3) is 0 Å². The molecule has 3 rings (SSSR count). The van der Waals surface area contributed by atoms with Crippen LogP contribution in [0, 0.1) is 0 Å². The molecule has 5 nitrogen and oxygen atoms in total. The van der Waals surface area contributed by atoms with Gasteiger partial charge in [-0.2, -0.15) is 4.98 Å². The van der Waals surface area contributed by atoms with Crippen LogP contribution in [0.4, 0.5) is 0 Å². The van der Waals surface area contributed by atoms with Gasteiger partial charge >= 0.3 is 0 Å². The maximum Gasteiger partial charge on any atom is 0.246 e. The minimum Gasteiger partial charge on any atom is -0.346 e. The third-order valence-electron chi connectivity index (χ3n) is 3.12. The predicted octanol–water partition coefficient (Wildman–Crippen LogP) is 4.25. The summed E-state index contributed by atoms with van der Waals surface area (Å²) in [6.07, 6.45) is 0. The molecule has 2 aromatic heterocycles. The summed E-state index contributed by atoms with van der Waals surface area (Å²) < 4.78 is 5.16. The minimum absolute atomic E-state index is 0.0918. The quantitative estimate of drug-likeness (QED) is 0.648. The monoisotopic (exact) mass is 379 g/mol. The predicted molar refractivity (Wildman–Crippen MR) is 96.2 cm³/mol. The lowest BCUT2D eigenvalue weighted by Crippen LogP contribution is -2.30. The molecule has 1 atom stereocenters. The molecule has 3 aromatic rings. The van der Waals surface area contributed by atoms with Crippen molar-refractivity contribution in [1.29, 1.82) is 0 Å². The van der Waals surface area contributed by atoms with Gasteiger partial charge in [-0.1, -0.05) is 22.8 Å². The van der Waals surface area contributed by atoms with Crippen LogP contribution in [-0.4, -0.2) is 21.3 Å². The van der Waals surface area contributed by atoms with Crippen molar-refractivity contribution < 1.29 is 9.32 Å². The van der Waals surface area contributed by atoms with E-state index in [0.717, 1.165) is 9.77 Å². The number of thiophene rings is 1. The molecule has 0 saturated heterocycles. The first kappa shape index (κ1) is 17.0. The molecule has 0 unspecified atom stereocenters. The van der Waals surface area contributed by atoms with Gasteiger partial charge in [-0.05, 0) is 42.6 Å². The van der Waals surface area contributed by atoms with Crippen LogP contribution >= 0.6 is 34.7 Å². The molecule has 1 N–H and O–H groups in total. The summed E-state index contributed by atoms with van der Waals surface area (Å²) in [5, 5.41) is 9.10. The van der Waals surface area contributed by atoms with E-state index < -0.39 is 0 Å². The Balaban J connectivity index is 1.52. The highest BCUT2D eigenvalue weighted by Gasteiger charge is 2.16. The number of halogens is 1. The van der Waals surface area contributed by atoms with E-state index >= 15 is 0 Å². The Kier molecular flexibility index (Phi) is 5.55. The van der Waals surface area contributed by atoms with Crippen molar-refractivity contribution in [3.63, 3.8) is 0 Å². The fourth-order valence-electron chi connectivity index (χ4n) is 1.91.